The van der Waals surface area contributed by atoms with Gasteiger partial charge in [0, 0.05) is 35.7 Å². The van der Waals surface area contributed by atoms with Crippen LogP contribution in [-0.4, -0.2) is 42.2 Å². The Morgan fingerprint density at radius 2 is 1.90 bits per heavy atom. The summed E-state index contributed by atoms with van der Waals surface area (Å²) in [5, 5.41) is 6.41. The van der Waals surface area contributed by atoms with E-state index in [1.807, 2.05) is 24.3 Å². The molecule has 31 heavy (non-hydrogen) atoms. The lowest BCUT2D eigenvalue weighted by molar-refractivity contribution is -0.111. The predicted molar refractivity (Wildman–Crippen MR) is 124 cm³/mol. The van der Waals surface area contributed by atoms with Gasteiger partial charge in [0.05, 0.1) is 30.1 Å². The predicted octanol–water partition coefficient (Wildman–Crippen LogP) is 4.50. The number of halogens is 1. The third kappa shape index (κ3) is 5.20. The molecule has 1 fully saturated rings. The van der Waals surface area contributed by atoms with E-state index >= 15 is 0 Å². The zero-order valence-corrected chi connectivity index (χ0v) is 17.6. The van der Waals surface area contributed by atoms with Crippen molar-refractivity contribution in [3.05, 3.63) is 72.4 Å². The average molecular weight is 436 g/mol. The number of nitrogens with zero attached hydrogens (tertiary/aromatic N) is 3. The van der Waals surface area contributed by atoms with Crippen molar-refractivity contribution < 1.29 is 9.53 Å². The van der Waals surface area contributed by atoms with E-state index in [9.17, 15) is 4.79 Å². The maximum absolute atomic E-state index is 11.6. The van der Waals surface area contributed by atoms with Crippen molar-refractivity contribution >= 4 is 40.5 Å². The number of hydrogen-bond donors (Lipinski definition) is 2. The first-order valence-corrected chi connectivity index (χ1v) is 10.3. The van der Waals surface area contributed by atoms with E-state index in [4.69, 9.17) is 16.3 Å². The Balaban J connectivity index is 1.57. The van der Waals surface area contributed by atoms with Gasteiger partial charge in [0.25, 0.3) is 0 Å². The molecule has 0 aliphatic carbocycles. The molecule has 1 amide bonds. The van der Waals surface area contributed by atoms with Crippen molar-refractivity contribution in [1.29, 1.82) is 0 Å². The number of rotatable bonds is 6. The Morgan fingerprint density at radius 1 is 1.13 bits per heavy atom. The molecule has 0 atom stereocenters. The van der Waals surface area contributed by atoms with Gasteiger partial charge in [-0.2, -0.15) is 0 Å². The molecule has 158 valence electrons. The van der Waals surface area contributed by atoms with E-state index in [-0.39, 0.29) is 5.91 Å². The van der Waals surface area contributed by atoms with Crippen LogP contribution < -0.4 is 15.5 Å². The molecule has 2 N–H and O–H groups in total. The van der Waals surface area contributed by atoms with E-state index < -0.39 is 0 Å². The smallest absolute Gasteiger partial charge is 0.247 e. The number of anilines is 4. The number of carbonyl (C=O) groups is 1. The highest BCUT2D eigenvalue weighted by Gasteiger charge is 2.13. The summed E-state index contributed by atoms with van der Waals surface area (Å²) in [6.45, 7) is 6.66. The fraction of sp³-hybridized carbons (Fsp3) is 0.174. The lowest BCUT2D eigenvalue weighted by atomic mass is 10.1. The van der Waals surface area contributed by atoms with Crippen LogP contribution in [0, 0.1) is 0 Å². The third-order valence-electron chi connectivity index (χ3n) is 4.81. The van der Waals surface area contributed by atoms with Crippen LogP contribution in [0.25, 0.3) is 11.3 Å². The molecule has 1 aromatic heterocycles. The Hall–Kier alpha value is -3.42. The first-order chi connectivity index (χ1) is 15.1. The topological polar surface area (TPSA) is 79.4 Å². The highest BCUT2D eigenvalue weighted by Crippen LogP contribution is 2.29. The van der Waals surface area contributed by atoms with Crippen molar-refractivity contribution in [1.82, 2.24) is 9.97 Å². The highest BCUT2D eigenvalue weighted by atomic mass is 35.5. The second-order valence-corrected chi connectivity index (χ2v) is 7.35. The number of amides is 1. The van der Waals surface area contributed by atoms with Gasteiger partial charge in [-0.15, -0.1) is 0 Å². The maximum Gasteiger partial charge on any atom is 0.247 e. The molecule has 0 radical (unpaired) electrons. The molecular formula is C23H22ClN5O2. The molecule has 1 aliphatic heterocycles. The van der Waals surface area contributed by atoms with Gasteiger partial charge >= 0.3 is 0 Å². The third-order valence-corrected chi connectivity index (χ3v) is 5.09. The van der Waals surface area contributed by atoms with Gasteiger partial charge in [-0.05, 0) is 36.4 Å². The van der Waals surface area contributed by atoms with Crippen LogP contribution in [0.4, 0.5) is 23.0 Å². The Morgan fingerprint density at radius 3 is 2.71 bits per heavy atom. The maximum atomic E-state index is 11.6. The minimum Gasteiger partial charge on any atom is -0.378 e. The molecule has 4 rings (SSSR count). The van der Waals surface area contributed by atoms with E-state index in [0.717, 1.165) is 43.2 Å². The summed E-state index contributed by atoms with van der Waals surface area (Å²) >= 11 is 6.37. The molecule has 3 aromatic rings. The van der Waals surface area contributed by atoms with Crippen LogP contribution >= 0.6 is 11.6 Å². The van der Waals surface area contributed by atoms with Gasteiger partial charge in [0.1, 0.15) is 0 Å². The van der Waals surface area contributed by atoms with Crippen molar-refractivity contribution in [3.8, 4) is 11.3 Å². The minimum absolute atomic E-state index is 0.284. The summed E-state index contributed by atoms with van der Waals surface area (Å²) in [7, 11) is 0. The van der Waals surface area contributed by atoms with Gasteiger partial charge in [-0.3, -0.25) is 4.79 Å². The number of aromatic nitrogens is 2. The van der Waals surface area contributed by atoms with Crippen molar-refractivity contribution in [2.45, 2.75) is 0 Å². The molecule has 2 heterocycles. The normalized spacial score (nSPS) is 13.5. The quantitative estimate of drug-likeness (QED) is 0.555. The van der Waals surface area contributed by atoms with E-state index in [0.29, 0.717) is 22.4 Å². The Kier molecular flexibility index (Phi) is 6.45. The van der Waals surface area contributed by atoms with Gasteiger partial charge in [0.15, 0.2) is 0 Å². The van der Waals surface area contributed by atoms with Crippen molar-refractivity contribution in [3.63, 3.8) is 0 Å². The Labute approximate surface area is 185 Å². The van der Waals surface area contributed by atoms with Crippen LogP contribution in [0.15, 0.2) is 67.4 Å². The van der Waals surface area contributed by atoms with Crippen LogP contribution in [0.5, 0.6) is 0 Å². The number of benzene rings is 2. The average Bonchev–Trinajstić information content (AvgIpc) is 2.81. The lowest BCUT2D eigenvalue weighted by Gasteiger charge is -2.29. The lowest BCUT2D eigenvalue weighted by Crippen LogP contribution is -2.36. The minimum atomic E-state index is -0.284. The van der Waals surface area contributed by atoms with E-state index in [2.05, 4.69) is 44.2 Å². The van der Waals surface area contributed by atoms with Crippen LogP contribution in [0.1, 0.15) is 0 Å². The largest absolute Gasteiger partial charge is 0.378 e. The Bertz CT molecular complexity index is 1100. The second-order valence-electron chi connectivity index (χ2n) is 6.94. The molecule has 0 spiro atoms. The molecule has 0 bridgehead atoms. The number of hydrogen-bond acceptors (Lipinski definition) is 6. The number of nitrogens with one attached hydrogen (secondary N) is 2. The van der Waals surface area contributed by atoms with Crippen LogP contribution in [0.2, 0.25) is 5.02 Å². The zero-order chi connectivity index (χ0) is 21.6. The van der Waals surface area contributed by atoms with E-state index in [1.54, 1.807) is 18.3 Å². The summed E-state index contributed by atoms with van der Waals surface area (Å²) in [5.41, 5.74) is 3.96. The molecular weight excluding hydrogens is 414 g/mol. The number of carbonyl (C=O) groups excluding carboxylic acids is 1. The summed E-state index contributed by atoms with van der Waals surface area (Å²) in [5.74, 6) is 0.146. The van der Waals surface area contributed by atoms with Crippen LogP contribution in [-0.2, 0) is 9.53 Å². The number of morpholine rings is 1. The van der Waals surface area contributed by atoms with Gasteiger partial charge < -0.3 is 20.3 Å². The van der Waals surface area contributed by atoms with Crippen molar-refractivity contribution in [2.24, 2.45) is 0 Å². The fourth-order valence-electron chi connectivity index (χ4n) is 3.30. The fourth-order valence-corrected chi connectivity index (χ4v) is 3.50. The standard InChI is InChI=1S/C23H22ClN5O2/c1-2-21(30)26-17-6-3-5-16(13-17)22-20(24)15-25-23(28-22)27-18-7-4-8-19(14-18)29-9-11-31-12-10-29/h2-8,13-15H,1,9-12H2,(H,26,30)(H,25,27,28). The zero-order valence-electron chi connectivity index (χ0n) is 16.8. The highest BCUT2D eigenvalue weighted by molar-refractivity contribution is 6.33. The first-order valence-electron chi connectivity index (χ1n) is 9.88. The molecule has 0 saturated carbocycles. The van der Waals surface area contributed by atoms with E-state index in [1.165, 1.54) is 6.08 Å². The van der Waals surface area contributed by atoms with Gasteiger partial charge in [-0.25, -0.2) is 9.97 Å². The summed E-state index contributed by atoms with van der Waals surface area (Å²) in [6.07, 6.45) is 2.78. The van der Waals surface area contributed by atoms with Crippen LogP contribution in [0.3, 0.4) is 0 Å². The summed E-state index contributed by atoms with van der Waals surface area (Å²) in [4.78, 5) is 22.8. The van der Waals surface area contributed by atoms with Crippen molar-refractivity contribution in [2.75, 3.05) is 41.8 Å². The second kappa shape index (κ2) is 9.59. The first kappa shape index (κ1) is 20.8. The molecule has 2 aromatic carbocycles. The molecule has 7 nitrogen and oxygen atoms in total. The molecule has 0 unspecified atom stereocenters. The SMILES string of the molecule is C=CC(=O)Nc1cccc(-c2nc(Nc3cccc(N4CCOCC4)c3)ncc2Cl)c1. The molecule has 8 heteroatoms. The summed E-state index contributed by atoms with van der Waals surface area (Å²) < 4.78 is 5.43. The number of ether oxygens (including phenoxy) is 1. The monoisotopic (exact) mass is 435 g/mol. The summed E-state index contributed by atoms with van der Waals surface area (Å²) in [6, 6.07) is 15.4. The molecule has 1 saturated heterocycles. The molecule has 1 aliphatic rings. The van der Waals surface area contributed by atoms with Gasteiger partial charge in [0.2, 0.25) is 11.9 Å². The van der Waals surface area contributed by atoms with Gasteiger partial charge in [-0.1, -0.05) is 36.4 Å².